The van der Waals surface area contributed by atoms with E-state index in [2.05, 4.69) is 15.9 Å². The van der Waals surface area contributed by atoms with Crippen LogP contribution in [0, 0.1) is 11.2 Å². The minimum Gasteiger partial charge on any atom is -0.481 e. The molecule has 0 aromatic heterocycles. The molecule has 1 aromatic rings. The summed E-state index contributed by atoms with van der Waals surface area (Å²) in [5, 5.41) is 9.15. The fourth-order valence-corrected chi connectivity index (χ4v) is 1.93. The lowest BCUT2D eigenvalue weighted by molar-refractivity contribution is -0.148. The first kappa shape index (κ1) is 13.2. The Bertz CT molecular complexity index is 406. The molecule has 0 aliphatic heterocycles. The number of carbonyl (C=O) groups is 1. The first-order chi connectivity index (χ1) is 7.39. The lowest BCUT2D eigenvalue weighted by atomic mass is 9.81. The van der Waals surface area contributed by atoms with E-state index in [1.165, 1.54) is 12.1 Å². The third kappa shape index (κ3) is 2.82. The van der Waals surface area contributed by atoms with Crippen LogP contribution >= 0.6 is 15.9 Å². The Morgan fingerprint density at radius 2 is 2.19 bits per heavy atom. The molecule has 1 unspecified atom stereocenters. The second-order valence-electron chi connectivity index (χ2n) is 4.13. The molecule has 88 valence electrons. The molecule has 1 rings (SSSR count). The zero-order chi connectivity index (χ0) is 12.3. The fraction of sp³-hybridized carbons (Fsp3) is 0.417. The Morgan fingerprint density at radius 3 is 2.62 bits per heavy atom. The summed E-state index contributed by atoms with van der Waals surface area (Å²) in [6.45, 7) is 3.54. The van der Waals surface area contributed by atoms with E-state index in [0.29, 0.717) is 17.3 Å². The van der Waals surface area contributed by atoms with Crippen LogP contribution in [0.4, 0.5) is 4.39 Å². The van der Waals surface area contributed by atoms with Crippen molar-refractivity contribution >= 4 is 21.9 Å². The molecule has 1 aromatic carbocycles. The molecule has 0 fully saturated rings. The van der Waals surface area contributed by atoms with Crippen molar-refractivity contribution in [2.45, 2.75) is 26.7 Å². The highest BCUT2D eigenvalue weighted by atomic mass is 79.9. The summed E-state index contributed by atoms with van der Waals surface area (Å²) in [4.78, 5) is 11.1. The summed E-state index contributed by atoms with van der Waals surface area (Å²) in [6.07, 6.45) is 0.922. The second-order valence-corrected chi connectivity index (χ2v) is 4.99. The van der Waals surface area contributed by atoms with Crippen LogP contribution in [-0.2, 0) is 11.2 Å². The molecule has 0 saturated heterocycles. The number of carboxylic acid groups (broad SMARTS) is 1. The Kier molecular flexibility index (Phi) is 4.08. The van der Waals surface area contributed by atoms with Crippen molar-refractivity contribution in [2.75, 3.05) is 0 Å². The predicted octanol–water partition coefficient (Wildman–Crippen LogP) is 3.63. The average molecular weight is 289 g/mol. The summed E-state index contributed by atoms with van der Waals surface area (Å²) in [7, 11) is 0. The van der Waals surface area contributed by atoms with Crippen LogP contribution in [0.1, 0.15) is 25.8 Å². The molecular weight excluding hydrogens is 275 g/mol. The van der Waals surface area contributed by atoms with Crippen molar-refractivity contribution in [3.63, 3.8) is 0 Å². The molecule has 0 saturated carbocycles. The molecule has 0 spiro atoms. The van der Waals surface area contributed by atoms with Gasteiger partial charge in [-0.05, 0) is 37.5 Å². The standard InChI is InChI=1S/C12H14BrFO2/c1-3-12(2,11(15)16)7-8-4-5-9(14)6-10(8)13/h4-6H,3,7H2,1-2H3,(H,15,16). The van der Waals surface area contributed by atoms with Gasteiger partial charge < -0.3 is 5.11 Å². The summed E-state index contributed by atoms with van der Waals surface area (Å²) < 4.78 is 13.5. The monoisotopic (exact) mass is 288 g/mol. The van der Waals surface area contributed by atoms with E-state index in [9.17, 15) is 9.18 Å². The maximum absolute atomic E-state index is 12.9. The number of hydrogen-bond acceptors (Lipinski definition) is 1. The third-order valence-electron chi connectivity index (χ3n) is 2.89. The SMILES string of the molecule is CCC(C)(Cc1ccc(F)cc1Br)C(=O)O. The van der Waals surface area contributed by atoms with E-state index in [0.717, 1.165) is 5.56 Å². The second kappa shape index (κ2) is 4.95. The number of benzene rings is 1. The van der Waals surface area contributed by atoms with Crippen LogP contribution in [0.15, 0.2) is 22.7 Å². The highest BCUT2D eigenvalue weighted by Crippen LogP contribution is 2.30. The van der Waals surface area contributed by atoms with Crippen LogP contribution in [0.5, 0.6) is 0 Å². The molecular formula is C12H14BrFO2. The van der Waals surface area contributed by atoms with E-state index in [4.69, 9.17) is 5.11 Å². The Balaban J connectivity index is 2.99. The number of carboxylic acids is 1. The van der Waals surface area contributed by atoms with E-state index in [1.807, 2.05) is 6.92 Å². The normalized spacial score (nSPS) is 14.5. The predicted molar refractivity (Wildman–Crippen MR) is 63.8 cm³/mol. The first-order valence-corrected chi connectivity index (χ1v) is 5.85. The van der Waals surface area contributed by atoms with Crippen molar-refractivity contribution in [3.05, 3.63) is 34.1 Å². The molecule has 2 nitrogen and oxygen atoms in total. The van der Waals surface area contributed by atoms with Gasteiger partial charge in [-0.1, -0.05) is 28.9 Å². The van der Waals surface area contributed by atoms with Gasteiger partial charge in [-0.15, -0.1) is 0 Å². The van der Waals surface area contributed by atoms with Gasteiger partial charge >= 0.3 is 5.97 Å². The number of rotatable bonds is 4. The molecule has 0 bridgehead atoms. The fourth-order valence-electron chi connectivity index (χ4n) is 1.44. The quantitative estimate of drug-likeness (QED) is 0.919. The van der Waals surface area contributed by atoms with Crippen LogP contribution < -0.4 is 0 Å². The third-order valence-corrected chi connectivity index (χ3v) is 3.63. The highest BCUT2D eigenvalue weighted by molar-refractivity contribution is 9.10. The summed E-state index contributed by atoms with van der Waals surface area (Å²) >= 11 is 3.25. The molecule has 0 aliphatic carbocycles. The summed E-state index contributed by atoms with van der Waals surface area (Å²) in [5.41, 5.74) is 0.00789. The lowest BCUT2D eigenvalue weighted by Crippen LogP contribution is -2.29. The van der Waals surface area contributed by atoms with Gasteiger partial charge in [0.2, 0.25) is 0 Å². The van der Waals surface area contributed by atoms with Gasteiger partial charge in [0.15, 0.2) is 0 Å². The van der Waals surface area contributed by atoms with Crippen LogP contribution in [-0.4, -0.2) is 11.1 Å². The zero-order valence-electron chi connectivity index (χ0n) is 9.26. The molecule has 0 heterocycles. The first-order valence-electron chi connectivity index (χ1n) is 5.06. The Hall–Kier alpha value is -0.900. The maximum atomic E-state index is 12.9. The average Bonchev–Trinajstić information content (AvgIpc) is 2.22. The van der Waals surface area contributed by atoms with Crippen molar-refractivity contribution in [3.8, 4) is 0 Å². The molecule has 1 atom stereocenters. The van der Waals surface area contributed by atoms with Crippen LogP contribution in [0.2, 0.25) is 0 Å². The number of hydrogen-bond donors (Lipinski definition) is 1. The Morgan fingerprint density at radius 1 is 1.56 bits per heavy atom. The maximum Gasteiger partial charge on any atom is 0.309 e. The number of halogens is 2. The van der Waals surface area contributed by atoms with E-state index < -0.39 is 11.4 Å². The summed E-state index contributed by atoms with van der Waals surface area (Å²) in [5.74, 6) is -1.16. The molecule has 0 radical (unpaired) electrons. The van der Waals surface area contributed by atoms with Crippen molar-refractivity contribution < 1.29 is 14.3 Å². The zero-order valence-corrected chi connectivity index (χ0v) is 10.8. The smallest absolute Gasteiger partial charge is 0.309 e. The van der Waals surface area contributed by atoms with E-state index >= 15 is 0 Å². The van der Waals surface area contributed by atoms with Crippen molar-refractivity contribution in [1.29, 1.82) is 0 Å². The topological polar surface area (TPSA) is 37.3 Å². The Labute approximate surface area is 103 Å². The van der Waals surface area contributed by atoms with Gasteiger partial charge in [-0.25, -0.2) is 4.39 Å². The molecule has 16 heavy (non-hydrogen) atoms. The molecule has 0 aliphatic rings. The van der Waals surface area contributed by atoms with E-state index in [-0.39, 0.29) is 5.82 Å². The van der Waals surface area contributed by atoms with Crippen molar-refractivity contribution in [2.24, 2.45) is 5.41 Å². The largest absolute Gasteiger partial charge is 0.481 e. The van der Waals surface area contributed by atoms with Gasteiger partial charge in [0.1, 0.15) is 5.82 Å². The highest BCUT2D eigenvalue weighted by Gasteiger charge is 2.31. The number of aliphatic carboxylic acids is 1. The molecule has 1 N–H and O–H groups in total. The van der Waals surface area contributed by atoms with Crippen LogP contribution in [0.25, 0.3) is 0 Å². The minimum atomic E-state index is -0.828. The van der Waals surface area contributed by atoms with Gasteiger partial charge in [-0.2, -0.15) is 0 Å². The van der Waals surface area contributed by atoms with Gasteiger partial charge in [0, 0.05) is 4.47 Å². The molecule has 4 heteroatoms. The van der Waals surface area contributed by atoms with Gasteiger partial charge in [-0.3, -0.25) is 4.79 Å². The van der Waals surface area contributed by atoms with Gasteiger partial charge in [0.05, 0.1) is 5.41 Å². The van der Waals surface area contributed by atoms with E-state index in [1.54, 1.807) is 13.0 Å². The van der Waals surface area contributed by atoms with Crippen LogP contribution in [0.3, 0.4) is 0 Å². The molecule has 0 amide bonds. The van der Waals surface area contributed by atoms with Crippen molar-refractivity contribution in [1.82, 2.24) is 0 Å². The van der Waals surface area contributed by atoms with Gasteiger partial charge in [0.25, 0.3) is 0 Å². The summed E-state index contributed by atoms with van der Waals surface area (Å²) in [6, 6.07) is 4.32. The lowest BCUT2D eigenvalue weighted by Gasteiger charge is -2.23. The minimum absolute atomic E-state index is 0.329.